The SMILES string of the molecule is COc1ccc(C(=O)N2CCN(c3cccc(Cl)c3C)C(=O)[C@H]2C)cc1. The van der Waals surface area contributed by atoms with E-state index in [9.17, 15) is 9.59 Å². The number of carbonyl (C=O) groups is 2. The third kappa shape index (κ3) is 3.27. The second-order valence-electron chi connectivity index (χ2n) is 6.28. The Hall–Kier alpha value is -2.53. The van der Waals surface area contributed by atoms with Crippen molar-refractivity contribution in [3.8, 4) is 5.75 Å². The molecule has 1 heterocycles. The van der Waals surface area contributed by atoms with Gasteiger partial charge in [0.05, 0.1) is 7.11 Å². The Labute approximate surface area is 158 Å². The van der Waals surface area contributed by atoms with Crippen LogP contribution >= 0.6 is 11.6 Å². The van der Waals surface area contributed by atoms with Crippen LogP contribution in [0.5, 0.6) is 5.75 Å². The lowest BCUT2D eigenvalue weighted by molar-refractivity contribution is -0.124. The van der Waals surface area contributed by atoms with Crippen molar-refractivity contribution < 1.29 is 14.3 Å². The van der Waals surface area contributed by atoms with E-state index in [4.69, 9.17) is 16.3 Å². The molecular formula is C20H21ClN2O3. The number of amides is 2. The Morgan fingerprint density at radius 1 is 1.15 bits per heavy atom. The number of nitrogens with zero attached hydrogens (tertiary/aromatic N) is 2. The molecule has 3 rings (SSSR count). The van der Waals surface area contributed by atoms with Gasteiger partial charge in [-0.2, -0.15) is 0 Å². The van der Waals surface area contributed by atoms with E-state index in [0.29, 0.717) is 29.4 Å². The first kappa shape index (κ1) is 18.3. The average molecular weight is 373 g/mol. The van der Waals surface area contributed by atoms with Crippen molar-refractivity contribution in [1.29, 1.82) is 0 Å². The van der Waals surface area contributed by atoms with Crippen LogP contribution in [0.25, 0.3) is 0 Å². The van der Waals surface area contributed by atoms with Crippen molar-refractivity contribution in [1.82, 2.24) is 4.90 Å². The Morgan fingerprint density at radius 2 is 1.85 bits per heavy atom. The van der Waals surface area contributed by atoms with E-state index < -0.39 is 6.04 Å². The lowest BCUT2D eigenvalue weighted by atomic mass is 10.1. The fourth-order valence-corrected chi connectivity index (χ4v) is 3.34. The van der Waals surface area contributed by atoms with Crippen LogP contribution in [0.15, 0.2) is 42.5 Å². The molecule has 1 fully saturated rings. The molecule has 1 atom stereocenters. The number of carbonyl (C=O) groups excluding carboxylic acids is 2. The summed E-state index contributed by atoms with van der Waals surface area (Å²) in [6.45, 7) is 4.55. The molecule has 0 aliphatic carbocycles. The largest absolute Gasteiger partial charge is 0.497 e. The molecular weight excluding hydrogens is 352 g/mol. The molecule has 0 radical (unpaired) electrons. The molecule has 5 nitrogen and oxygen atoms in total. The number of halogens is 1. The first-order chi connectivity index (χ1) is 12.4. The second kappa shape index (κ2) is 7.38. The van der Waals surface area contributed by atoms with Crippen molar-refractivity contribution in [3.05, 3.63) is 58.6 Å². The average Bonchev–Trinajstić information content (AvgIpc) is 2.66. The number of hydrogen-bond acceptors (Lipinski definition) is 3. The van der Waals surface area contributed by atoms with Crippen LogP contribution in [0.4, 0.5) is 5.69 Å². The molecule has 0 saturated carbocycles. The first-order valence-corrected chi connectivity index (χ1v) is 8.83. The van der Waals surface area contributed by atoms with E-state index in [0.717, 1.165) is 11.3 Å². The van der Waals surface area contributed by atoms with E-state index in [2.05, 4.69) is 0 Å². The van der Waals surface area contributed by atoms with Gasteiger partial charge in [-0.15, -0.1) is 0 Å². The van der Waals surface area contributed by atoms with E-state index in [1.807, 2.05) is 19.1 Å². The summed E-state index contributed by atoms with van der Waals surface area (Å²) >= 11 is 6.19. The van der Waals surface area contributed by atoms with Gasteiger partial charge in [0.25, 0.3) is 5.91 Å². The number of rotatable bonds is 3. The molecule has 1 saturated heterocycles. The summed E-state index contributed by atoms with van der Waals surface area (Å²) in [6.07, 6.45) is 0. The van der Waals surface area contributed by atoms with Crippen LogP contribution in [0.2, 0.25) is 5.02 Å². The predicted molar refractivity (Wildman–Crippen MR) is 102 cm³/mol. The molecule has 2 aromatic rings. The predicted octanol–water partition coefficient (Wildman–Crippen LogP) is 3.53. The third-order valence-corrected chi connectivity index (χ3v) is 5.19. The summed E-state index contributed by atoms with van der Waals surface area (Å²) in [5.74, 6) is 0.423. The van der Waals surface area contributed by atoms with Crippen LogP contribution in [-0.4, -0.2) is 43.0 Å². The van der Waals surface area contributed by atoms with Crippen molar-refractivity contribution >= 4 is 29.1 Å². The maximum absolute atomic E-state index is 12.9. The minimum atomic E-state index is -0.545. The van der Waals surface area contributed by atoms with Crippen LogP contribution in [0.1, 0.15) is 22.8 Å². The molecule has 0 unspecified atom stereocenters. The summed E-state index contributed by atoms with van der Waals surface area (Å²) in [5.41, 5.74) is 2.20. The van der Waals surface area contributed by atoms with Gasteiger partial charge in [-0.3, -0.25) is 9.59 Å². The van der Waals surface area contributed by atoms with Crippen LogP contribution in [-0.2, 0) is 4.79 Å². The zero-order chi connectivity index (χ0) is 18.8. The maximum Gasteiger partial charge on any atom is 0.254 e. The molecule has 2 amide bonds. The number of ether oxygens (including phenoxy) is 1. The molecule has 26 heavy (non-hydrogen) atoms. The topological polar surface area (TPSA) is 49.9 Å². The van der Waals surface area contributed by atoms with Gasteiger partial charge in [-0.05, 0) is 55.8 Å². The summed E-state index contributed by atoms with van der Waals surface area (Å²) in [5, 5.41) is 0.625. The molecule has 0 spiro atoms. The van der Waals surface area contributed by atoms with Crippen molar-refractivity contribution in [3.63, 3.8) is 0 Å². The Kier molecular flexibility index (Phi) is 5.18. The monoisotopic (exact) mass is 372 g/mol. The van der Waals surface area contributed by atoms with E-state index in [-0.39, 0.29) is 11.8 Å². The number of piperazine rings is 1. The van der Waals surface area contributed by atoms with Gasteiger partial charge in [-0.1, -0.05) is 17.7 Å². The fourth-order valence-electron chi connectivity index (χ4n) is 3.17. The lowest BCUT2D eigenvalue weighted by Gasteiger charge is -2.39. The van der Waals surface area contributed by atoms with Gasteiger partial charge in [0.2, 0.25) is 5.91 Å². The van der Waals surface area contributed by atoms with Crippen LogP contribution in [0.3, 0.4) is 0 Å². The molecule has 1 aliphatic rings. The molecule has 6 heteroatoms. The number of anilines is 1. The van der Waals surface area contributed by atoms with E-state index >= 15 is 0 Å². The molecule has 136 valence electrons. The van der Waals surface area contributed by atoms with Crippen LogP contribution in [0, 0.1) is 6.92 Å². The van der Waals surface area contributed by atoms with E-state index in [1.54, 1.807) is 54.2 Å². The quantitative estimate of drug-likeness (QED) is 0.828. The van der Waals surface area contributed by atoms with Crippen molar-refractivity contribution in [2.75, 3.05) is 25.1 Å². The van der Waals surface area contributed by atoms with Gasteiger partial charge in [0, 0.05) is 29.4 Å². The highest BCUT2D eigenvalue weighted by Gasteiger charge is 2.35. The van der Waals surface area contributed by atoms with Gasteiger partial charge < -0.3 is 14.5 Å². The Bertz CT molecular complexity index is 835. The van der Waals surface area contributed by atoms with Gasteiger partial charge in [-0.25, -0.2) is 0 Å². The third-order valence-electron chi connectivity index (χ3n) is 4.78. The molecule has 0 N–H and O–H groups in total. The van der Waals surface area contributed by atoms with Crippen LogP contribution < -0.4 is 9.64 Å². The first-order valence-electron chi connectivity index (χ1n) is 8.45. The molecule has 0 bridgehead atoms. The maximum atomic E-state index is 12.9. The zero-order valence-corrected chi connectivity index (χ0v) is 15.8. The Balaban J connectivity index is 1.81. The molecule has 2 aromatic carbocycles. The van der Waals surface area contributed by atoms with E-state index in [1.165, 1.54) is 0 Å². The van der Waals surface area contributed by atoms with Gasteiger partial charge in [0.15, 0.2) is 0 Å². The summed E-state index contributed by atoms with van der Waals surface area (Å²) in [4.78, 5) is 29.0. The minimum absolute atomic E-state index is 0.108. The van der Waals surface area contributed by atoms with Gasteiger partial charge >= 0.3 is 0 Å². The van der Waals surface area contributed by atoms with Gasteiger partial charge in [0.1, 0.15) is 11.8 Å². The summed E-state index contributed by atoms with van der Waals surface area (Å²) < 4.78 is 5.12. The highest BCUT2D eigenvalue weighted by atomic mass is 35.5. The smallest absolute Gasteiger partial charge is 0.254 e. The van der Waals surface area contributed by atoms with Crippen molar-refractivity contribution in [2.24, 2.45) is 0 Å². The van der Waals surface area contributed by atoms with Crippen molar-refractivity contribution in [2.45, 2.75) is 19.9 Å². The number of benzene rings is 2. The molecule has 0 aromatic heterocycles. The fraction of sp³-hybridized carbons (Fsp3) is 0.300. The minimum Gasteiger partial charge on any atom is -0.497 e. The zero-order valence-electron chi connectivity index (χ0n) is 15.0. The second-order valence-corrected chi connectivity index (χ2v) is 6.68. The normalized spacial score (nSPS) is 17.4. The lowest BCUT2D eigenvalue weighted by Crippen LogP contribution is -2.57. The standard InChI is InChI=1S/C20H21ClN2O3/c1-13-17(21)5-4-6-18(13)23-12-11-22(14(2)19(23)24)20(25)15-7-9-16(26-3)10-8-15/h4-10,14H,11-12H2,1-3H3/t14-/m1/s1. The molecule has 1 aliphatic heterocycles. The summed E-state index contributed by atoms with van der Waals surface area (Å²) in [7, 11) is 1.58. The Morgan fingerprint density at radius 3 is 2.50 bits per heavy atom. The highest BCUT2D eigenvalue weighted by Crippen LogP contribution is 2.29. The number of methoxy groups -OCH3 is 1. The summed E-state index contributed by atoms with van der Waals surface area (Å²) in [6, 6.07) is 11.9. The highest BCUT2D eigenvalue weighted by molar-refractivity contribution is 6.31. The number of hydrogen-bond donors (Lipinski definition) is 0.